The summed E-state index contributed by atoms with van der Waals surface area (Å²) in [6, 6.07) is 7.55. The third-order valence-corrected chi connectivity index (χ3v) is 4.25. The zero-order valence-electron chi connectivity index (χ0n) is 13.8. The lowest BCUT2D eigenvalue weighted by Gasteiger charge is -2.12. The fraction of sp³-hybridized carbons (Fsp3) is 0.118. The number of aryl methyl sites for hydroxylation is 1. The standard InChI is InChI=1S/C17H15BrN2O5S/c1-8-5-10(7-11(14(8)21)16(23)24)19-17(26)20-15(22)9-3-4-13(25-2)12(18)6-9/h3-7,21H,1-2H3,(H,23,24)(H2,19,20,22,26). The molecule has 0 spiro atoms. The summed E-state index contributed by atoms with van der Waals surface area (Å²) in [5.41, 5.74) is 0.787. The molecular formula is C17H15BrN2O5S. The number of carboxylic acid groups (broad SMARTS) is 1. The van der Waals surface area contributed by atoms with Crippen molar-refractivity contribution in [3.05, 3.63) is 51.5 Å². The highest BCUT2D eigenvalue weighted by molar-refractivity contribution is 9.10. The molecule has 0 aliphatic carbocycles. The summed E-state index contributed by atoms with van der Waals surface area (Å²) in [7, 11) is 1.52. The van der Waals surface area contributed by atoms with Gasteiger partial charge in [-0.1, -0.05) is 0 Å². The van der Waals surface area contributed by atoms with Crippen molar-refractivity contribution >= 4 is 50.8 Å². The van der Waals surface area contributed by atoms with E-state index in [9.17, 15) is 14.7 Å². The van der Waals surface area contributed by atoms with Crippen LogP contribution in [0, 0.1) is 6.92 Å². The summed E-state index contributed by atoms with van der Waals surface area (Å²) >= 11 is 8.39. The van der Waals surface area contributed by atoms with Gasteiger partial charge in [0.05, 0.1) is 11.6 Å². The van der Waals surface area contributed by atoms with Crippen molar-refractivity contribution in [2.75, 3.05) is 12.4 Å². The number of nitrogens with one attached hydrogen (secondary N) is 2. The summed E-state index contributed by atoms with van der Waals surface area (Å²) in [6.07, 6.45) is 0. The largest absolute Gasteiger partial charge is 0.507 e. The first kappa shape index (κ1) is 19.7. The second kappa shape index (κ2) is 8.15. The van der Waals surface area contributed by atoms with E-state index in [2.05, 4.69) is 26.6 Å². The maximum Gasteiger partial charge on any atom is 0.339 e. The van der Waals surface area contributed by atoms with Crippen molar-refractivity contribution < 1.29 is 24.5 Å². The zero-order chi connectivity index (χ0) is 19.4. The molecule has 0 bridgehead atoms. The highest BCUT2D eigenvalue weighted by Crippen LogP contribution is 2.27. The van der Waals surface area contributed by atoms with Gasteiger partial charge in [-0.2, -0.15) is 0 Å². The minimum Gasteiger partial charge on any atom is -0.507 e. The van der Waals surface area contributed by atoms with Crippen molar-refractivity contribution in [3.8, 4) is 11.5 Å². The predicted molar refractivity (Wildman–Crippen MR) is 104 cm³/mol. The molecule has 1 amide bonds. The van der Waals surface area contributed by atoms with Gasteiger partial charge < -0.3 is 20.3 Å². The molecule has 0 aliphatic rings. The third kappa shape index (κ3) is 4.50. The summed E-state index contributed by atoms with van der Waals surface area (Å²) in [4.78, 5) is 23.4. The fourth-order valence-electron chi connectivity index (χ4n) is 2.16. The number of hydrogen-bond acceptors (Lipinski definition) is 5. The number of methoxy groups -OCH3 is 1. The van der Waals surface area contributed by atoms with E-state index in [1.165, 1.54) is 19.2 Å². The van der Waals surface area contributed by atoms with Gasteiger partial charge in [0.2, 0.25) is 0 Å². The quantitative estimate of drug-likeness (QED) is 0.428. The molecule has 2 aromatic rings. The van der Waals surface area contributed by atoms with E-state index in [1.54, 1.807) is 25.1 Å². The van der Waals surface area contributed by atoms with Crippen LogP contribution < -0.4 is 15.4 Å². The van der Waals surface area contributed by atoms with Gasteiger partial charge in [-0.15, -0.1) is 0 Å². The van der Waals surface area contributed by atoms with Gasteiger partial charge in [-0.25, -0.2) is 4.79 Å². The Balaban J connectivity index is 2.12. The van der Waals surface area contributed by atoms with Crippen LogP contribution in [-0.4, -0.2) is 34.3 Å². The molecule has 0 fully saturated rings. The summed E-state index contributed by atoms with van der Waals surface area (Å²) in [5, 5.41) is 24.1. The van der Waals surface area contributed by atoms with Crippen LogP contribution in [0.4, 0.5) is 5.69 Å². The molecule has 136 valence electrons. The average Bonchev–Trinajstić information content (AvgIpc) is 2.57. The van der Waals surface area contributed by atoms with Gasteiger partial charge in [0.1, 0.15) is 17.1 Å². The summed E-state index contributed by atoms with van der Waals surface area (Å²) < 4.78 is 5.72. The van der Waals surface area contributed by atoms with Crippen LogP contribution in [0.15, 0.2) is 34.8 Å². The van der Waals surface area contributed by atoms with Crippen LogP contribution in [0.25, 0.3) is 0 Å². The monoisotopic (exact) mass is 438 g/mol. The van der Waals surface area contributed by atoms with Crippen molar-refractivity contribution in [2.45, 2.75) is 6.92 Å². The van der Waals surface area contributed by atoms with E-state index in [0.717, 1.165) is 0 Å². The number of phenols is 1. The first-order chi connectivity index (χ1) is 12.2. The normalized spacial score (nSPS) is 10.1. The number of aromatic hydroxyl groups is 1. The minimum atomic E-state index is -1.27. The van der Waals surface area contributed by atoms with Crippen molar-refractivity contribution in [3.63, 3.8) is 0 Å². The number of carbonyl (C=O) groups excluding carboxylic acids is 1. The molecule has 0 aliphatic heterocycles. The number of benzene rings is 2. The Labute approximate surface area is 163 Å². The molecule has 2 aromatic carbocycles. The Kier molecular flexibility index (Phi) is 6.17. The maximum atomic E-state index is 12.3. The van der Waals surface area contributed by atoms with E-state index in [0.29, 0.717) is 27.0 Å². The number of carbonyl (C=O) groups is 2. The smallest absolute Gasteiger partial charge is 0.339 e. The van der Waals surface area contributed by atoms with E-state index in [1.807, 2.05) is 0 Å². The molecule has 0 unspecified atom stereocenters. The Hall–Kier alpha value is -2.65. The van der Waals surface area contributed by atoms with Gasteiger partial charge in [0.25, 0.3) is 5.91 Å². The lowest BCUT2D eigenvalue weighted by Crippen LogP contribution is -2.34. The Bertz CT molecular complexity index is 901. The molecule has 7 nitrogen and oxygen atoms in total. The predicted octanol–water partition coefficient (Wildman–Crippen LogP) is 3.30. The van der Waals surface area contributed by atoms with Gasteiger partial charge in [0, 0.05) is 11.3 Å². The van der Waals surface area contributed by atoms with Crippen molar-refractivity contribution in [1.82, 2.24) is 5.32 Å². The SMILES string of the molecule is COc1ccc(C(=O)NC(=S)Nc2cc(C)c(O)c(C(=O)O)c2)cc1Br. The molecule has 0 atom stereocenters. The topological polar surface area (TPSA) is 108 Å². The molecule has 0 aromatic heterocycles. The Morgan fingerprint density at radius 1 is 1.23 bits per heavy atom. The first-order valence-electron chi connectivity index (χ1n) is 7.25. The number of thiocarbonyl (C=S) groups is 1. The average molecular weight is 439 g/mol. The Morgan fingerprint density at radius 3 is 2.50 bits per heavy atom. The van der Waals surface area contributed by atoms with E-state index in [4.69, 9.17) is 22.1 Å². The maximum absolute atomic E-state index is 12.3. The van der Waals surface area contributed by atoms with Crippen LogP contribution >= 0.6 is 28.1 Å². The molecular weight excluding hydrogens is 424 g/mol. The highest BCUT2D eigenvalue weighted by atomic mass is 79.9. The highest BCUT2D eigenvalue weighted by Gasteiger charge is 2.15. The van der Waals surface area contributed by atoms with Crippen molar-refractivity contribution in [2.24, 2.45) is 0 Å². The molecule has 0 saturated carbocycles. The first-order valence-corrected chi connectivity index (χ1v) is 8.45. The molecule has 0 heterocycles. The third-order valence-electron chi connectivity index (χ3n) is 3.43. The number of carboxylic acids is 1. The number of hydrogen-bond donors (Lipinski definition) is 4. The molecule has 2 rings (SSSR count). The van der Waals surface area contributed by atoms with Gasteiger partial charge in [-0.05, 0) is 71.0 Å². The van der Waals surface area contributed by atoms with E-state index in [-0.39, 0.29) is 16.4 Å². The molecule has 9 heteroatoms. The number of aromatic carboxylic acids is 1. The van der Waals surface area contributed by atoms with Crippen LogP contribution in [0.1, 0.15) is 26.3 Å². The number of halogens is 1. The summed E-state index contributed by atoms with van der Waals surface area (Å²) in [6.45, 7) is 1.56. The number of rotatable bonds is 4. The van der Waals surface area contributed by atoms with Gasteiger partial charge in [0.15, 0.2) is 5.11 Å². The number of ether oxygens (including phenoxy) is 1. The second-order valence-electron chi connectivity index (χ2n) is 5.25. The number of anilines is 1. The Morgan fingerprint density at radius 2 is 1.92 bits per heavy atom. The number of amides is 1. The van der Waals surface area contributed by atoms with Gasteiger partial charge >= 0.3 is 5.97 Å². The molecule has 4 N–H and O–H groups in total. The molecule has 0 saturated heterocycles. The lowest BCUT2D eigenvalue weighted by molar-refractivity contribution is 0.0693. The molecule has 0 radical (unpaired) electrons. The summed E-state index contributed by atoms with van der Waals surface area (Å²) in [5.74, 6) is -1.45. The lowest BCUT2D eigenvalue weighted by atomic mass is 10.1. The van der Waals surface area contributed by atoms with Crippen LogP contribution in [-0.2, 0) is 0 Å². The van der Waals surface area contributed by atoms with E-state index < -0.39 is 11.9 Å². The van der Waals surface area contributed by atoms with E-state index >= 15 is 0 Å². The fourth-order valence-corrected chi connectivity index (χ4v) is 2.91. The van der Waals surface area contributed by atoms with Crippen LogP contribution in [0.2, 0.25) is 0 Å². The minimum absolute atomic E-state index is 0.0108. The second-order valence-corrected chi connectivity index (χ2v) is 6.51. The van der Waals surface area contributed by atoms with Gasteiger partial charge in [-0.3, -0.25) is 10.1 Å². The zero-order valence-corrected chi connectivity index (χ0v) is 16.2. The molecule has 26 heavy (non-hydrogen) atoms. The van der Waals surface area contributed by atoms with Crippen LogP contribution in [0.5, 0.6) is 11.5 Å². The van der Waals surface area contributed by atoms with Crippen LogP contribution in [0.3, 0.4) is 0 Å². The van der Waals surface area contributed by atoms with Crippen molar-refractivity contribution in [1.29, 1.82) is 0 Å².